The van der Waals surface area contributed by atoms with Gasteiger partial charge in [-0.3, -0.25) is 10.1 Å². The Hall–Kier alpha value is -3.56. The lowest BCUT2D eigenvalue weighted by Crippen LogP contribution is -2.12. The van der Waals surface area contributed by atoms with Crippen LogP contribution in [0.15, 0.2) is 41.1 Å². The van der Waals surface area contributed by atoms with E-state index in [2.05, 4.69) is 25.4 Å². The maximum absolute atomic E-state index is 10.7. The number of nitrogen functional groups attached to an aromatic ring is 1. The Morgan fingerprint density at radius 1 is 1.29 bits per heavy atom. The van der Waals surface area contributed by atoms with Gasteiger partial charge in [0.05, 0.1) is 11.0 Å². The van der Waals surface area contributed by atoms with Crippen molar-refractivity contribution in [3.8, 4) is 11.5 Å². The summed E-state index contributed by atoms with van der Waals surface area (Å²) in [6, 6.07) is 8.96. The van der Waals surface area contributed by atoms with E-state index in [-0.39, 0.29) is 23.5 Å². The van der Waals surface area contributed by atoms with Crippen LogP contribution in [0.4, 0.5) is 17.5 Å². The zero-order chi connectivity index (χ0) is 17.1. The van der Waals surface area contributed by atoms with Crippen LogP contribution in [0.25, 0.3) is 11.5 Å². The average molecular weight is 327 g/mol. The van der Waals surface area contributed by atoms with Gasteiger partial charge < -0.3 is 15.6 Å². The van der Waals surface area contributed by atoms with E-state index in [0.717, 1.165) is 11.8 Å². The molecule has 0 spiro atoms. The molecule has 3 aromatic rings. The predicted octanol–water partition coefficient (Wildman–Crippen LogP) is 2.19. The Balaban J connectivity index is 1.76. The van der Waals surface area contributed by atoms with Crippen molar-refractivity contribution in [3.05, 3.63) is 52.5 Å². The second-order valence-electron chi connectivity index (χ2n) is 4.91. The van der Waals surface area contributed by atoms with Crippen molar-refractivity contribution < 1.29 is 9.45 Å². The number of nitrogens with zero attached hydrogens (tertiary/aromatic N) is 5. The second-order valence-corrected chi connectivity index (χ2v) is 4.91. The van der Waals surface area contributed by atoms with Gasteiger partial charge in [0.15, 0.2) is 5.82 Å². The zero-order valence-electron chi connectivity index (χ0n) is 12.6. The maximum Gasteiger partial charge on any atom is 0.329 e. The summed E-state index contributed by atoms with van der Waals surface area (Å²) in [6.45, 7) is 1.78. The molecule has 0 aliphatic rings. The van der Waals surface area contributed by atoms with Crippen LogP contribution < -0.4 is 11.1 Å². The fraction of sp³-hybridized carbons (Fsp3) is 0.143. The van der Waals surface area contributed by atoms with Crippen molar-refractivity contribution in [2.24, 2.45) is 0 Å². The van der Waals surface area contributed by atoms with Crippen molar-refractivity contribution in [3.63, 3.8) is 0 Å². The molecule has 2 heterocycles. The lowest BCUT2D eigenvalue weighted by molar-refractivity contribution is -0.384. The molecule has 3 rings (SSSR count). The molecule has 0 saturated carbocycles. The monoisotopic (exact) mass is 327 g/mol. The van der Waals surface area contributed by atoms with E-state index in [1.807, 2.05) is 30.3 Å². The molecule has 10 nitrogen and oxygen atoms in total. The van der Waals surface area contributed by atoms with Crippen molar-refractivity contribution >= 4 is 17.5 Å². The molecular formula is C14H13N7O3. The van der Waals surface area contributed by atoms with Gasteiger partial charge in [-0.25, -0.2) is 4.98 Å². The van der Waals surface area contributed by atoms with Crippen LogP contribution in [0, 0.1) is 10.1 Å². The highest BCUT2D eigenvalue weighted by molar-refractivity contribution is 5.54. The van der Waals surface area contributed by atoms with Gasteiger partial charge >= 0.3 is 5.69 Å². The van der Waals surface area contributed by atoms with Crippen LogP contribution >= 0.6 is 0 Å². The summed E-state index contributed by atoms with van der Waals surface area (Å²) >= 11 is 0. The molecular weight excluding hydrogens is 314 g/mol. The molecule has 1 aromatic carbocycles. The van der Waals surface area contributed by atoms with Gasteiger partial charge in [-0.15, -0.1) is 0 Å². The highest BCUT2D eigenvalue weighted by Crippen LogP contribution is 2.22. The second kappa shape index (κ2) is 6.28. The fourth-order valence-corrected chi connectivity index (χ4v) is 1.97. The molecule has 24 heavy (non-hydrogen) atoms. The smallest absolute Gasteiger partial charge is 0.329 e. The van der Waals surface area contributed by atoms with Crippen molar-refractivity contribution in [1.29, 1.82) is 0 Å². The molecule has 0 radical (unpaired) electrons. The minimum Gasteiger partial charge on any atom is -0.378 e. The minimum absolute atomic E-state index is 0.136. The summed E-state index contributed by atoms with van der Waals surface area (Å²) in [4.78, 5) is 22.1. The fourth-order valence-electron chi connectivity index (χ4n) is 1.97. The van der Waals surface area contributed by atoms with Crippen molar-refractivity contribution in [1.82, 2.24) is 20.1 Å². The van der Waals surface area contributed by atoms with E-state index in [1.165, 1.54) is 0 Å². The van der Waals surface area contributed by atoms with E-state index in [9.17, 15) is 10.1 Å². The van der Waals surface area contributed by atoms with Crippen molar-refractivity contribution in [2.75, 3.05) is 11.1 Å². The van der Waals surface area contributed by atoms with Crippen molar-refractivity contribution in [2.45, 2.75) is 13.0 Å². The van der Waals surface area contributed by atoms with Crippen LogP contribution in [0.1, 0.15) is 18.8 Å². The molecule has 10 heteroatoms. The Kier molecular flexibility index (Phi) is 4.01. The molecule has 3 N–H and O–H groups in total. The van der Waals surface area contributed by atoms with Crippen LogP contribution in [0.5, 0.6) is 0 Å². The Bertz CT molecular complexity index is 866. The maximum atomic E-state index is 10.7. The van der Waals surface area contributed by atoms with E-state index < -0.39 is 4.92 Å². The number of benzene rings is 1. The molecule has 0 aliphatic carbocycles. The number of nitrogens with two attached hydrogens (primary N) is 1. The van der Waals surface area contributed by atoms with Gasteiger partial charge in [-0.2, -0.15) is 9.97 Å². The summed E-state index contributed by atoms with van der Waals surface area (Å²) in [5, 5.41) is 17.5. The lowest BCUT2D eigenvalue weighted by atomic mass is 10.2. The first-order valence-corrected chi connectivity index (χ1v) is 6.97. The summed E-state index contributed by atoms with van der Waals surface area (Å²) in [7, 11) is 0. The van der Waals surface area contributed by atoms with Gasteiger partial charge in [0, 0.05) is 5.56 Å². The molecule has 0 bridgehead atoms. The van der Waals surface area contributed by atoms with Crippen LogP contribution in [-0.4, -0.2) is 25.0 Å². The zero-order valence-corrected chi connectivity index (χ0v) is 12.6. The predicted molar refractivity (Wildman–Crippen MR) is 84.9 cm³/mol. The molecule has 0 amide bonds. The number of hydrogen-bond acceptors (Lipinski definition) is 9. The van der Waals surface area contributed by atoms with Gasteiger partial charge in [-0.05, 0) is 19.1 Å². The molecule has 1 atom stereocenters. The molecule has 1 unspecified atom stereocenters. The Morgan fingerprint density at radius 2 is 2.04 bits per heavy atom. The van der Waals surface area contributed by atoms with E-state index in [1.54, 1.807) is 6.92 Å². The topological polar surface area (TPSA) is 146 Å². The number of aromatic nitrogens is 4. The third kappa shape index (κ3) is 3.11. The highest BCUT2D eigenvalue weighted by Gasteiger charge is 2.18. The van der Waals surface area contributed by atoms with E-state index in [0.29, 0.717) is 11.7 Å². The highest BCUT2D eigenvalue weighted by atomic mass is 16.6. The van der Waals surface area contributed by atoms with Crippen LogP contribution in [0.2, 0.25) is 0 Å². The summed E-state index contributed by atoms with van der Waals surface area (Å²) in [6.07, 6.45) is 1.04. The standard InChI is InChI=1S/C14H13N7O3/c1-8(17-14-16-7-10(21(22)23)11(15)18-14)12-19-13(24-20-12)9-5-3-2-4-6-9/h2-8H,1H3,(H3,15,16,17,18). The number of rotatable bonds is 5. The number of nitrogens with one attached hydrogen (secondary N) is 1. The Labute approximate surface area is 135 Å². The van der Waals surface area contributed by atoms with Crippen LogP contribution in [-0.2, 0) is 0 Å². The normalized spacial score (nSPS) is 11.9. The summed E-state index contributed by atoms with van der Waals surface area (Å²) < 4.78 is 5.23. The summed E-state index contributed by atoms with van der Waals surface area (Å²) in [5.74, 6) is 0.706. The quantitative estimate of drug-likeness (QED) is 0.531. The molecule has 2 aromatic heterocycles. The lowest BCUT2D eigenvalue weighted by Gasteiger charge is -2.09. The van der Waals surface area contributed by atoms with Gasteiger partial charge in [-0.1, -0.05) is 23.4 Å². The Morgan fingerprint density at radius 3 is 2.71 bits per heavy atom. The molecule has 0 saturated heterocycles. The number of anilines is 2. The number of hydrogen-bond donors (Lipinski definition) is 2. The molecule has 0 fully saturated rings. The van der Waals surface area contributed by atoms with E-state index >= 15 is 0 Å². The van der Waals surface area contributed by atoms with Gasteiger partial charge in [0.25, 0.3) is 5.89 Å². The SMILES string of the molecule is CC(Nc1ncc([N+](=O)[O-])c(N)n1)c1noc(-c2ccccc2)n1. The van der Waals surface area contributed by atoms with Crippen LogP contribution in [0.3, 0.4) is 0 Å². The first kappa shape index (κ1) is 15.3. The summed E-state index contributed by atoms with van der Waals surface area (Å²) in [5.41, 5.74) is 5.99. The first-order chi connectivity index (χ1) is 11.5. The van der Waals surface area contributed by atoms with E-state index in [4.69, 9.17) is 10.3 Å². The number of nitro groups is 1. The largest absolute Gasteiger partial charge is 0.378 e. The van der Waals surface area contributed by atoms with Gasteiger partial charge in [0.2, 0.25) is 11.8 Å². The van der Waals surface area contributed by atoms with Gasteiger partial charge in [0.1, 0.15) is 6.20 Å². The third-order valence-electron chi connectivity index (χ3n) is 3.19. The first-order valence-electron chi connectivity index (χ1n) is 6.97. The molecule has 122 valence electrons. The minimum atomic E-state index is -0.645. The molecule has 0 aliphatic heterocycles. The average Bonchev–Trinajstić information content (AvgIpc) is 3.05. The third-order valence-corrected chi connectivity index (χ3v) is 3.19.